The van der Waals surface area contributed by atoms with E-state index in [0.717, 1.165) is 34.8 Å². The Morgan fingerprint density at radius 2 is 1.79 bits per heavy atom. The van der Waals surface area contributed by atoms with Crippen LogP contribution in [0.3, 0.4) is 0 Å². The normalized spacial score (nSPS) is 14.6. The minimum absolute atomic E-state index is 0.107. The highest BCUT2D eigenvalue weighted by Gasteiger charge is 2.29. The van der Waals surface area contributed by atoms with E-state index in [4.69, 9.17) is 4.42 Å². The Morgan fingerprint density at radius 3 is 2.44 bits per heavy atom. The molecule has 8 nitrogen and oxygen atoms in total. The Hall–Kier alpha value is -3.42. The van der Waals surface area contributed by atoms with Crippen LogP contribution in [0.2, 0.25) is 0 Å². The number of nitrogens with zero attached hydrogens (tertiary/aromatic N) is 4. The van der Waals surface area contributed by atoms with Gasteiger partial charge in [0.15, 0.2) is 11.6 Å². The van der Waals surface area contributed by atoms with Gasteiger partial charge in [0.25, 0.3) is 11.8 Å². The summed E-state index contributed by atoms with van der Waals surface area (Å²) in [6, 6.07) is 7.38. The van der Waals surface area contributed by atoms with E-state index in [1.807, 2.05) is 32.9 Å². The lowest BCUT2D eigenvalue weighted by molar-refractivity contribution is 0.0725. The molecule has 0 spiro atoms. The largest absolute Gasteiger partial charge is 0.459 e. The van der Waals surface area contributed by atoms with E-state index in [1.165, 1.54) is 0 Å². The van der Waals surface area contributed by atoms with Crippen molar-refractivity contribution in [2.24, 2.45) is 5.92 Å². The first kappa shape index (κ1) is 23.7. The molecule has 1 N–H and O–H groups in total. The SMILES string of the molecule is Cc1cc(C)cc(C(=O)N[C@H](CC(C)C)c2nnc3n2CCN(C(=O)c2occc2C)CC3)c1. The molecule has 2 aromatic heterocycles. The monoisotopic (exact) mass is 463 g/mol. The maximum absolute atomic E-state index is 13.1. The van der Waals surface area contributed by atoms with Crippen molar-refractivity contribution in [3.8, 4) is 0 Å². The smallest absolute Gasteiger partial charge is 0.289 e. The topological polar surface area (TPSA) is 93.3 Å². The summed E-state index contributed by atoms with van der Waals surface area (Å²) in [5, 5.41) is 12.1. The van der Waals surface area contributed by atoms with Crippen molar-refractivity contribution in [1.82, 2.24) is 25.0 Å². The van der Waals surface area contributed by atoms with Crippen molar-refractivity contribution in [2.75, 3.05) is 13.1 Å². The molecule has 0 saturated carbocycles. The van der Waals surface area contributed by atoms with Gasteiger partial charge in [0.2, 0.25) is 0 Å². The highest BCUT2D eigenvalue weighted by molar-refractivity contribution is 5.95. The summed E-state index contributed by atoms with van der Waals surface area (Å²) in [5.74, 6) is 2.08. The minimum Gasteiger partial charge on any atom is -0.459 e. The molecule has 0 bridgehead atoms. The van der Waals surface area contributed by atoms with Gasteiger partial charge in [-0.2, -0.15) is 0 Å². The van der Waals surface area contributed by atoms with Crippen LogP contribution in [0.1, 0.15) is 75.6 Å². The molecule has 0 saturated heterocycles. The molecular weight excluding hydrogens is 430 g/mol. The Labute approximate surface area is 200 Å². The third kappa shape index (κ3) is 5.05. The number of rotatable bonds is 6. The van der Waals surface area contributed by atoms with Crippen LogP contribution in [-0.2, 0) is 13.0 Å². The number of amides is 2. The number of furan rings is 1. The minimum atomic E-state index is -0.274. The summed E-state index contributed by atoms with van der Waals surface area (Å²) in [4.78, 5) is 27.9. The van der Waals surface area contributed by atoms with Gasteiger partial charge in [0.05, 0.1) is 12.3 Å². The van der Waals surface area contributed by atoms with Gasteiger partial charge in [0, 0.05) is 37.2 Å². The van der Waals surface area contributed by atoms with Crippen LogP contribution in [0.4, 0.5) is 0 Å². The van der Waals surface area contributed by atoms with Crippen molar-refractivity contribution < 1.29 is 14.0 Å². The average Bonchev–Trinajstić information content (AvgIpc) is 3.32. The van der Waals surface area contributed by atoms with Crippen LogP contribution < -0.4 is 5.32 Å². The van der Waals surface area contributed by atoms with Gasteiger partial charge >= 0.3 is 0 Å². The number of aryl methyl sites for hydroxylation is 3. The van der Waals surface area contributed by atoms with Crippen molar-refractivity contribution >= 4 is 11.8 Å². The highest BCUT2D eigenvalue weighted by Crippen LogP contribution is 2.24. The molecule has 34 heavy (non-hydrogen) atoms. The van der Waals surface area contributed by atoms with Crippen molar-refractivity contribution in [1.29, 1.82) is 0 Å². The number of fused-ring (bicyclic) bond motifs is 1. The Kier molecular flexibility index (Phi) is 6.86. The fraction of sp³-hybridized carbons (Fsp3) is 0.462. The second-order valence-electron chi connectivity index (χ2n) is 9.63. The predicted octanol–water partition coefficient (Wildman–Crippen LogP) is 4.01. The van der Waals surface area contributed by atoms with E-state index in [2.05, 4.69) is 40.0 Å². The van der Waals surface area contributed by atoms with E-state index in [-0.39, 0.29) is 17.9 Å². The standard InChI is InChI=1S/C26H33N5O3/c1-16(2)12-21(27-25(32)20-14-17(3)13-18(4)15-20)24-29-28-22-6-8-30(9-10-31(22)24)26(33)23-19(5)7-11-34-23/h7,11,13-16,21H,6,8-10,12H2,1-5H3,(H,27,32)/t21-/m1/s1. The van der Waals surface area contributed by atoms with Gasteiger partial charge in [-0.05, 0) is 51.3 Å². The molecule has 0 aliphatic carbocycles. The Bertz CT molecular complexity index is 1170. The number of hydrogen-bond acceptors (Lipinski definition) is 5. The van der Waals surface area contributed by atoms with Gasteiger partial charge in [-0.1, -0.05) is 31.0 Å². The van der Waals surface area contributed by atoms with E-state index >= 15 is 0 Å². The molecular formula is C26H33N5O3. The molecule has 0 fully saturated rings. The zero-order valence-corrected chi connectivity index (χ0v) is 20.6. The van der Waals surface area contributed by atoms with E-state index in [9.17, 15) is 9.59 Å². The molecule has 1 aliphatic heterocycles. The third-order valence-corrected chi connectivity index (χ3v) is 6.21. The van der Waals surface area contributed by atoms with Crippen LogP contribution in [0.15, 0.2) is 34.9 Å². The van der Waals surface area contributed by atoms with E-state index in [1.54, 1.807) is 17.2 Å². The van der Waals surface area contributed by atoms with Crippen molar-refractivity contribution in [2.45, 2.75) is 60.0 Å². The summed E-state index contributed by atoms with van der Waals surface area (Å²) >= 11 is 0. The lowest BCUT2D eigenvalue weighted by Crippen LogP contribution is -2.35. The lowest BCUT2D eigenvalue weighted by atomic mass is 10.0. The summed E-state index contributed by atoms with van der Waals surface area (Å²) in [6.07, 6.45) is 2.88. The number of hydrogen-bond donors (Lipinski definition) is 1. The van der Waals surface area contributed by atoms with Crippen LogP contribution >= 0.6 is 0 Å². The highest BCUT2D eigenvalue weighted by atomic mass is 16.3. The third-order valence-electron chi connectivity index (χ3n) is 6.21. The maximum Gasteiger partial charge on any atom is 0.289 e. The first-order valence-electron chi connectivity index (χ1n) is 11.9. The van der Waals surface area contributed by atoms with Gasteiger partial charge < -0.3 is 19.2 Å². The average molecular weight is 464 g/mol. The van der Waals surface area contributed by atoms with Crippen LogP contribution in [0.5, 0.6) is 0 Å². The zero-order valence-electron chi connectivity index (χ0n) is 20.6. The molecule has 0 radical (unpaired) electrons. The zero-order chi connectivity index (χ0) is 24.4. The van der Waals surface area contributed by atoms with E-state index < -0.39 is 0 Å². The number of benzene rings is 1. The molecule has 3 aromatic rings. The van der Waals surface area contributed by atoms with Gasteiger partial charge in [-0.15, -0.1) is 10.2 Å². The fourth-order valence-electron chi connectivity index (χ4n) is 4.59. The van der Waals surface area contributed by atoms with Crippen molar-refractivity contribution in [3.05, 3.63) is 70.2 Å². The molecule has 0 unspecified atom stereocenters. The summed E-state index contributed by atoms with van der Waals surface area (Å²) < 4.78 is 7.48. The molecule has 2 amide bonds. The second-order valence-corrected chi connectivity index (χ2v) is 9.63. The van der Waals surface area contributed by atoms with Crippen molar-refractivity contribution in [3.63, 3.8) is 0 Å². The van der Waals surface area contributed by atoms with Gasteiger partial charge in [0.1, 0.15) is 5.82 Å². The molecule has 180 valence electrons. The molecule has 8 heteroatoms. The van der Waals surface area contributed by atoms with Gasteiger partial charge in [-0.25, -0.2) is 0 Å². The first-order chi connectivity index (χ1) is 16.2. The number of aromatic nitrogens is 3. The molecule has 1 aliphatic rings. The quantitative estimate of drug-likeness (QED) is 0.596. The number of carbonyl (C=O) groups is 2. The van der Waals surface area contributed by atoms with Crippen LogP contribution in [-0.4, -0.2) is 44.6 Å². The molecule has 1 aromatic carbocycles. The van der Waals surface area contributed by atoms with Crippen LogP contribution in [0, 0.1) is 26.7 Å². The second kappa shape index (κ2) is 9.83. The molecule has 4 rings (SSSR count). The summed E-state index contributed by atoms with van der Waals surface area (Å²) in [5.41, 5.74) is 3.59. The lowest BCUT2D eigenvalue weighted by Gasteiger charge is -2.22. The maximum atomic E-state index is 13.1. The van der Waals surface area contributed by atoms with Crippen LogP contribution in [0.25, 0.3) is 0 Å². The van der Waals surface area contributed by atoms with Gasteiger partial charge in [-0.3, -0.25) is 9.59 Å². The molecule has 1 atom stereocenters. The summed E-state index contributed by atoms with van der Waals surface area (Å²) in [6.45, 7) is 11.7. The Morgan fingerprint density at radius 1 is 1.06 bits per heavy atom. The fourth-order valence-corrected chi connectivity index (χ4v) is 4.59. The Balaban J connectivity index is 1.55. The predicted molar refractivity (Wildman–Crippen MR) is 129 cm³/mol. The summed E-state index contributed by atoms with van der Waals surface area (Å²) in [7, 11) is 0. The first-order valence-corrected chi connectivity index (χ1v) is 11.9. The number of nitrogens with one attached hydrogen (secondary N) is 1. The van der Waals surface area contributed by atoms with E-state index in [0.29, 0.717) is 43.3 Å². The molecule has 3 heterocycles. The number of carbonyl (C=O) groups excluding carboxylic acids is 2.